The number of piperidine rings is 1. The molecule has 3 rings (SSSR count). The van der Waals surface area contributed by atoms with Crippen LogP contribution in [0.5, 0.6) is 0 Å². The number of ketones is 1. The summed E-state index contributed by atoms with van der Waals surface area (Å²) in [6.45, 7) is 8.38. The lowest BCUT2D eigenvalue weighted by Gasteiger charge is -2.44. The summed E-state index contributed by atoms with van der Waals surface area (Å²) in [5.74, 6) is -2.61. The van der Waals surface area contributed by atoms with Crippen LogP contribution in [0.2, 0.25) is 0 Å². The maximum absolute atomic E-state index is 13.1. The van der Waals surface area contributed by atoms with Crippen LogP contribution in [0.4, 0.5) is 0 Å². The van der Waals surface area contributed by atoms with E-state index in [1.165, 1.54) is 4.90 Å². The largest absolute Gasteiger partial charge is 0.480 e. The Hall–Kier alpha value is -2.33. The van der Waals surface area contributed by atoms with E-state index in [1.807, 2.05) is 45.1 Å². The maximum atomic E-state index is 13.1. The fourth-order valence-corrected chi connectivity index (χ4v) is 7.17. The molecule has 1 amide bonds. The van der Waals surface area contributed by atoms with Crippen LogP contribution < -0.4 is 0 Å². The zero-order chi connectivity index (χ0) is 33.1. The number of methoxy groups -OCH3 is 1. The summed E-state index contributed by atoms with van der Waals surface area (Å²) < 4.78 is 12.0. The van der Waals surface area contributed by atoms with Gasteiger partial charge in [-0.15, -0.1) is 0 Å². The molecular weight excluding hydrogens is 574 g/mol. The Balaban J connectivity index is 1.50. The van der Waals surface area contributed by atoms with Gasteiger partial charge in [-0.1, -0.05) is 51.2 Å². The molecule has 9 heteroatoms. The van der Waals surface area contributed by atoms with Gasteiger partial charge in [0.05, 0.1) is 24.7 Å². The third kappa shape index (κ3) is 10.9. The Morgan fingerprint density at radius 1 is 1.02 bits per heavy atom. The lowest BCUT2D eigenvalue weighted by molar-refractivity contribution is -0.284. The number of carboxylic acids is 1. The average Bonchev–Trinajstić information content (AvgIpc) is 3.01. The third-order valence-corrected chi connectivity index (χ3v) is 10.2. The van der Waals surface area contributed by atoms with Gasteiger partial charge in [-0.3, -0.25) is 9.59 Å². The summed E-state index contributed by atoms with van der Waals surface area (Å²) in [7, 11) is 1.65. The van der Waals surface area contributed by atoms with Crippen LogP contribution >= 0.6 is 0 Å². The van der Waals surface area contributed by atoms with Crippen molar-refractivity contribution in [2.45, 2.75) is 135 Å². The van der Waals surface area contributed by atoms with Crippen molar-refractivity contribution in [3.05, 3.63) is 36.0 Å². The first-order valence-corrected chi connectivity index (χ1v) is 17.0. The molecule has 2 aliphatic heterocycles. The minimum absolute atomic E-state index is 0.00525. The number of amides is 1. The molecule has 1 aliphatic carbocycles. The topological polar surface area (TPSA) is 134 Å². The van der Waals surface area contributed by atoms with E-state index >= 15 is 0 Å². The van der Waals surface area contributed by atoms with E-state index in [1.54, 1.807) is 7.11 Å². The molecule has 0 unspecified atom stereocenters. The molecule has 0 spiro atoms. The highest BCUT2D eigenvalue weighted by atomic mass is 16.6. The van der Waals surface area contributed by atoms with Crippen molar-refractivity contribution in [1.82, 2.24) is 4.90 Å². The molecule has 0 bridgehead atoms. The van der Waals surface area contributed by atoms with Crippen LogP contribution in [0, 0.1) is 23.7 Å². The normalized spacial score (nSPS) is 32.0. The Morgan fingerprint density at radius 2 is 1.73 bits per heavy atom. The Bertz CT molecular complexity index is 1080. The summed E-state index contributed by atoms with van der Waals surface area (Å²) >= 11 is 0. The second-order valence-electron chi connectivity index (χ2n) is 13.8. The quantitative estimate of drug-likeness (QED) is 0.211. The molecular formula is C36H57NO8. The van der Waals surface area contributed by atoms with Gasteiger partial charge in [-0.05, 0) is 82.6 Å². The van der Waals surface area contributed by atoms with E-state index in [4.69, 9.17) is 9.47 Å². The Labute approximate surface area is 269 Å². The number of likely N-dealkylation sites (tertiary alicyclic amines) is 1. The highest BCUT2D eigenvalue weighted by molar-refractivity contribution is 5.84. The van der Waals surface area contributed by atoms with Crippen molar-refractivity contribution in [3.8, 4) is 0 Å². The van der Waals surface area contributed by atoms with Gasteiger partial charge in [-0.25, -0.2) is 4.79 Å². The van der Waals surface area contributed by atoms with Crippen LogP contribution in [0.25, 0.3) is 0 Å². The fraction of sp³-hybridized carbons (Fsp3) is 0.750. The number of aliphatic hydroxyl groups is 2. The molecule has 3 fully saturated rings. The van der Waals surface area contributed by atoms with Crippen molar-refractivity contribution in [1.29, 1.82) is 0 Å². The van der Waals surface area contributed by atoms with Gasteiger partial charge in [0.1, 0.15) is 11.8 Å². The Morgan fingerprint density at radius 3 is 2.40 bits per heavy atom. The van der Waals surface area contributed by atoms with Crippen molar-refractivity contribution >= 4 is 17.7 Å². The summed E-state index contributed by atoms with van der Waals surface area (Å²) in [6.07, 6.45) is 16.7. The van der Waals surface area contributed by atoms with Crippen LogP contribution in [0.1, 0.15) is 105 Å². The zero-order valence-corrected chi connectivity index (χ0v) is 28.0. The van der Waals surface area contributed by atoms with Crippen LogP contribution in [-0.4, -0.2) is 81.7 Å². The number of Topliss-reactive ketones (excluding diaryl/α,β-unsaturated/α-hetero) is 1. The number of hydrogen-bond donors (Lipinski definition) is 3. The van der Waals surface area contributed by atoms with Crippen molar-refractivity contribution in [2.24, 2.45) is 23.7 Å². The lowest BCUT2D eigenvalue weighted by Crippen LogP contribution is -2.54. The number of carboxylic acid groups (broad SMARTS) is 1. The van der Waals surface area contributed by atoms with Gasteiger partial charge >= 0.3 is 5.97 Å². The molecule has 0 aromatic heterocycles. The van der Waals surface area contributed by atoms with Gasteiger partial charge < -0.3 is 29.7 Å². The number of carbonyl (C=O) groups is 3. The van der Waals surface area contributed by atoms with Crippen LogP contribution in [0.15, 0.2) is 36.0 Å². The van der Waals surface area contributed by atoms with Gasteiger partial charge in [0.15, 0.2) is 5.79 Å². The molecule has 2 saturated heterocycles. The monoisotopic (exact) mass is 631 g/mol. The fourth-order valence-electron chi connectivity index (χ4n) is 7.17. The summed E-state index contributed by atoms with van der Waals surface area (Å²) in [4.78, 5) is 39.1. The first kappa shape index (κ1) is 37.1. The highest BCUT2D eigenvalue weighted by Crippen LogP contribution is 2.38. The zero-order valence-electron chi connectivity index (χ0n) is 28.0. The molecule has 1 saturated carbocycles. The van der Waals surface area contributed by atoms with Gasteiger partial charge in [0, 0.05) is 37.8 Å². The molecule has 7 atom stereocenters. The predicted octanol–water partition coefficient (Wildman–Crippen LogP) is 5.59. The molecule has 0 aromatic carbocycles. The second-order valence-corrected chi connectivity index (χ2v) is 13.8. The Kier molecular flexibility index (Phi) is 14.5. The minimum atomic E-state index is -1.65. The number of rotatable bonds is 14. The van der Waals surface area contributed by atoms with E-state index in [-0.39, 0.29) is 54.3 Å². The second kappa shape index (κ2) is 17.5. The van der Waals surface area contributed by atoms with Crippen molar-refractivity contribution < 1.29 is 39.2 Å². The molecule has 45 heavy (non-hydrogen) atoms. The summed E-state index contributed by atoms with van der Waals surface area (Å²) in [6, 6.07) is -0.850. The first-order chi connectivity index (χ1) is 21.3. The maximum Gasteiger partial charge on any atom is 0.326 e. The SMILES string of the molecule is CO[C@@H](C[C@@H]1CC[C@@H](C)[C@](O)(CC(=O)N2CCCC[C@H]2C(=O)O)O1)/C(C)=C/C=C/C=C/[C@@H](C)C[C@@H](C)C(=O)C1CCC(O)CC1. The van der Waals surface area contributed by atoms with E-state index in [2.05, 4.69) is 13.0 Å². The molecule has 3 N–H and O–H groups in total. The lowest BCUT2D eigenvalue weighted by atomic mass is 9.79. The van der Waals surface area contributed by atoms with Crippen molar-refractivity contribution in [3.63, 3.8) is 0 Å². The molecule has 2 heterocycles. The first-order valence-electron chi connectivity index (χ1n) is 17.0. The number of aliphatic hydroxyl groups excluding tert-OH is 1. The summed E-state index contributed by atoms with van der Waals surface area (Å²) in [5.41, 5.74) is 1.01. The highest BCUT2D eigenvalue weighted by Gasteiger charge is 2.45. The number of carbonyl (C=O) groups excluding carboxylic acids is 2. The van der Waals surface area contributed by atoms with Gasteiger partial charge in [-0.2, -0.15) is 0 Å². The predicted molar refractivity (Wildman–Crippen MR) is 173 cm³/mol. The van der Waals surface area contributed by atoms with E-state index < -0.39 is 17.8 Å². The number of hydrogen-bond acceptors (Lipinski definition) is 7. The molecule has 0 radical (unpaired) electrons. The average molecular weight is 632 g/mol. The number of allylic oxidation sites excluding steroid dienone is 5. The molecule has 0 aromatic rings. The summed E-state index contributed by atoms with van der Waals surface area (Å²) in [5, 5.41) is 30.7. The number of aliphatic carboxylic acids is 1. The smallest absolute Gasteiger partial charge is 0.326 e. The van der Waals surface area contributed by atoms with E-state index in [9.17, 15) is 29.7 Å². The van der Waals surface area contributed by atoms with Crippen LogP contribution in [0.3, 0.4) is 0 Å². The van der Waals surface area contributed by atoms with E-state index in [0.29, 0.717) is 31.6 Å². The third-order valence-electron chi connectivity index (χ3n) is 10.2. The van der Waals surface area contributed by atoms with Crippen molar-refractivity contribution in [2.75, 3.05) is 13.7 Å². The molecule has 254 valence electrons. The van der Waals surface area contributed by atoms with Gasteiger partial charge in [0.25, 0.3) is 0 Å². The molecule has 3 aliphatic rings. The van der Waals surface area contributed by atoms with Gasteiger partial charge in [0.2, 0.25) is 5.91 Å². The van der Waals surface area contributed by atoms with E-state index in [0.717, 1.165) is 56.9 Å². The minimum Gasteiger partial charge on any atom is -0.480 e. The number of nitrogens with zero attached hydrogens (tertiary/aromatic N) is 1. The standard InChI is InChI=1S/C36H57NO8/c1-24(21-26(3)34(40)28-15-17-29(38)18-16-28)11-7-6-8-12-25(2)32(44-5)22-30-19-14-27(4)36(43,45-30)23-33(39)37-20-10-9-13-31(37)35(41)42/h6-8,11-12,24,26-32,38,43H,9-10,13-23H2,1-5H3,(H,41,42)/b8-6+,11-7+,25-12+/t24-,26-,27-,28?,29?,30+,31+,32+,36+/m1/s1. The number of ether oxygens (including phenoxy) is 2. The molecule has 9 nitrogen and oxygen atoms in total. The van der Waals surface area contributed by atoms with Crippen LogP contribution in [-0.2, 0) is 23.9 Å².